The van der Waals surface area contributed by atoms with Gasteiger partial charge in [-0.25, -0.2) is 0 Å². The van der Waals surface area contributed by atoms with Crippen LogP contribution in [-0.4, -0.2) is 37.0 Å². The van der Waals surface area contributed by atoms with E-state index in [0.717, 1.165) is 52.1 Å². The normalized spacial score (nSPS) is 23.8. The van der Waals surface area contributed by atoms with E-state index in [1.807, 2.05) is 11.3 Å². The zero-order valence-electron chi connectivity index (χ0n) is 11.0. The summed E-state index contributed by atoms with van der Waals surface area (Å²) in [6.07, 6.45) is 3.17. The fourth-order valence-corrected chi connectivity index (χ4v) is 3.76. The molecule has 0 bridgehead atoms. The summed E-state index contributed by atoms with van der Waals surface area (Å²) < 4.78 is 11.5. The first-order valence-electron chi connectivity index (χ1n) is 6.87. The Kier molecular flexibility index (Phi) is 3.71. The standard InChI is InChI=1S/C14H21NO2S/c1-2-12-3-4-13(18-12)11-15-7-5-14(6-8-15)16-9-10-17-14/h3-4H,2,5-11H2,1H3. The minimum absolute atomic E-state index is 0.236. The Hall–Kier alpha value is -0.420. The van der Waals surface area contributed by atoms with Crippen molar-refractivity contribution in [3.05, 3.63) is 21.9 Å². The van der Waals surface area contributed by atoms with E-state index in [4.69, 9.17) is 9.47 Å². The highest BCUT2D eigenvalue weighted by Crippen LogP contribution is 2.32. The van der Waals surface area contributed by atoms with Crippen LogP contribution in [0.5, 0.6) is 0 Å². The Labute approximate surface area is 113 Å². The molecule has 0 aliphatic carbocycles. The molecule has 3 rings (SSSR count). The minimum atomic E-state index is -0.236. The summed E-state index contributed by atoms with van der Waals surface area (Å²) in [5.74, 6) is -0.236. The van der Waals surface area contributed by atoms with E-state index < -0.39 is 0 Å². The summed E-state index contributed by atoms with van der Waals surface area (Å²) in [5, 5.41) is 0. The molecule has 0 N–H and O–H groups in total. The average Bonchev–Trinajstić information content (AvgIpc) is 3.02. The molecule has 1 aromatic heterocycles. The molecule has 0 unspecified atom stereocenters. The predicted octanol–water partition coefficient (Wildman–Crippen LogP) is 2.65. The maximum Gasteiger partial charge on any atom is 0.170 e. The van der Waals surface area contributed by atoms with E-state index in [1.165, 1.54) is 9.75 Å². The summed E-state index contributed by atoms with van der Waals surface area (Å²) in [6, 6.07) is 4.53. The van der Waals surface area contributed by atoms with Crippen LogP contribution in [0.25, 0.3) is 0 Å². The number of hydrogen-bond acceptors (Lipinski definition) is 4. The molecular formula is C14H21NO2S. The number of piperidine rings is 1. The average molecular weight is 267 g/mol. The van der Waals surface area contributed by atoms with Crippen molar-refractivity contribution in [2.75, 3.05) is 26.3 Å². The summed E-state index contributed by atoms with van der Waals surface area (Å²) in [4.78, 5) is 5.48. The second kappa shape index (κ2) is 5.29. The number of ether oxygens (including phenoxy) is 2. The van der Waals surface area contributed by atoms with Crippen molar-refractivity contribution in [3.63, 3.8) is 0 Å². The van der Waals surface area contributed by atoms with E-state index in [1.54, 1.807) is 0 Å². The highest BCUT2D eigenvalue weighted by molar-refractivity contribution is 7.11. The van der Waals surface area contributed by atoms with Crippen LogP contribution in [0.3, 0.4) is 0 Å². The highest BCUT2D eigenvalue weighted by atomic mass is 32.1. The van der Waals surface area contributed by atoms with Gasteiger partial charge >= 0.3 is 0 Å². The molecule has 4 heteroatoms. The lowest BCUT2D eigenvalue weighted by Crippen LogP contribution is -2.44. The Bertz CT molecular complexity index is 388. The zero-order chi connectivity index (χ0) is 12.4. The van der Waals surface area contributed by atoms with Crippen LogP contribution in [0.2, 0.25) is 0 Å². The van der Waals surface area contributed by atoms with E-state index in [0.29, 0.717) is 0 Å². The van der Waals surface area contributed by atoms with E-state index in [2.05, 4.69) is 24.0 Å². The number of likely N-dealkylation sites (tertiary alicyclic amines) is 1. The van der Waals surface area contributed by atoms with Crippen molar-refractivity contribution < 1.29 is 9.47 Å². The number of aryl methyl sites for hydroxylation is 1. The maximum absolute atomic E-state index is 5.76. The monoisotopic (exact) mass is 267 g/mol. The summed E-state index contributed by atoms with van der Waals surface area (Å²) in [6.45, 7) is 7.00. The SMILES string of the molecule is CCc1ccc(CN2CCC3(CC2)OCCO3)s1. The lowest BCUT2D eigenvalue weighted by atomic mass is 10.0. The first kappa shape index (κ1) is 12.6. The van der Waals surface area contributed by atoms with Crippen molar-refractivity contribution in [2.24, 2.45) is 0 Å². The second-order valence-corrected chi connectivity index (χ2v) is 6.36. The van der Waals surface area contributed by atoms with Gasteiger partial charge in [0.1, 0.15) is 0 Å². The molecule has 0 saturated carbocycles. The summed E-state index contributed by atoms with van der Waals surface area (Å²) >= 11 is 1.95. The van der Waals surface area contributed by atoms with Crippen molar-refractivity contribution in [2.45, 2.75) is 38.5 Å². The Morgan fingerprint density at radius 3 is 2.44 bits per heavy atom. The number of hydrogen-bond donors (Lipinski definition) is 0. The largest absolute Gasteiger partial charge is 0.347 e. The third-order valence-corrected chi connectivity index (χ3v) is 5.09. The predicted molar refractivity (Wildman–Crippen MR) is 72.8 cm³/mol. The summed E-state index contributed by atoms with van der Waals surface area (Å²) in [7, 11) is 0. The molecule has 2 aliphatic rings. The lowest BCUT2D eigenvalue weighted by Gasteiger charge is -2.37. The quantitative estimate of drug-likeness (QED) is 0.840. The smallest absolute Gasteiger partial charge is 0.170 e. The Morgan fingerprint density at radius 1 is 1.17 bits per heavy atom. The molecular weight excluding hydrogens is 246 g/mol. The molecule has 0 atom stereocenters. The maximum atomic E-state index is 5.76. The number of thiophene rings is 1. The van der Waals surface area contributed by atoms with Crippen molar-refractivity contribution >= 4 is 11.3 Å². The van der Waals surface area contributed by atoms with Crippen LogP contribution in [0.15, 0.2) is 12.1 Å². The molecule has 0 amide bonds. The number of nitrogens with zero attached hydrogens (tertiary/aromatic N) is 1. The van der Waals surface area contributed by atoms with Crippen LogP contribution in [0.1, 0.15) is 29.5 Å². The Morgan fingerprint density at radius 2 is 1.83 bits per heavy atom. The van der Waals surface area contributed by atoms with Gasteiger partial charge in [-0.3, -0.25) is 4.90 Å². The Balaban J connectivity index is 1.53. The molecule has 1 spiro atoms. The molecule has 3 nitrogen and oxygen atoms in total. The van der Waals surface area contributed by atoms with Gasteiger partial charge < -0.3 is 9.47 Å². The molecule has 2 fully saturated rings. The first-order valence-corrected chi connectivity index (χ1v) is 7.69. The molecule has 2 aliphatic heterocycles. The van der Waals surface area contributed by atoms with Gasteiger partial charge in [-0.2, -0.15) is 0 Å². The van der Waals surface area contributed by atoms with Crippen LogP contribution in [-0.2, 0) is 22.4 Å². The van der Waals surface area contributed by atoms with Crippen LogP contribution >= 0.6 is 11.3 Å². The van der Waals surface area contributed by atoms with Gasteiger partial charge in [0.2, 0.25) is 0 Å². The molecule has 100 valence electrons. The number of rotatable bonds is 3. The summed E-state index contributed by atoms with van der Waals surface area (Å²) in [5.41, 5.74) is 0. The van der Waals surface area contributed by atoms with Crippen LogP contribution < -0.4 is 0 Å². The van der Waals surface area contributed by atoms with Crippen molar-refractivity contribution in [3.8, 4) is 0 Å². The lowest BCUT2D eigenvalue weighted by molar-refractivity contribution is -0.185. The topological polar surface area (TPSA) is 21.7 Å². The van der Waals surface area contributed by atoms with Gasteiger partial charge in [0.05, 0.1) is 13.2 Å². The fourth-order valence-electron chi connectivity index (χ4n) is 2.76. The van der Waals surface area contributed by atoms with E-state index in [9.17, 15) is 0 Å². The van der Waals surface area contributed by atoms with E-state index >= 15 is 0 Å². The first-order chi connectivity index (χ1) is 8.80. The van der Waals surface area contributed by atoms with Gasteiger partial charge in [-0.15, -0.1) is 11.3 Å². The van der Waals surface area contributed by atoms with Crippen molar-refractivity contribution in [1.82, 2.24) is 4.90 Å². The fraction of sp³-hybridized carbons (Fsp3) is 0.714. The van der Waals surface area contributed by atoms with Crippen LogP contribution in [0.4, 0.5) is 0 Å². The molecule has 18 heavy (non-hydrogen) atoms. The highest BCUT2D eigenvalue weighted by Gasteiger charge is 2.39. The van der Waals surface area contributed by atoms with Gasteiger partial charge in [-0.1, -0.05) is 6.92 Å². The zero-order valence-corrected chi connectivity index (χ0v) is 11.8. The van der Waals surface area contributed by atoms with Crippen LogP contribution in [0, 0.1) is 0 Å². The molecule has 0 radical (unpaired) electrons. The van der Waals surface area contributed by atoms with Crippen molar-refractivity contribution in [1.29, 1.82) is 0 Å². The van der Waals surface area contributed by atoms with Gasteiger partial charge in [0, 0.05) is 42.2 Å². The van der Waals surface area contributed by atoms with Gasteiger partial charge in [0.25, 0.3) is 0 Å². The third-order valence-electron chi connectivity index (χ3n) is 3.88. The third kappa shape index (κ3) is 2.62. The molecule has 0 aromatic carbocycles. The van der Waals surface area contributed by atoms with E-state index in [-0.39, 0.29) is 5.79 Å². The second-order valence-electron chi connectivity index (χ2n) is 5.11. The van der Waals surface area contributed by atoms with Gasteiger partial charge in [0.15, 0.2) is 5.79 Å². The molecule has 1 aromatic rings. The molecule has 2 saturated heterocycles. The minimum Gasteiger partial charge on any atom is -0.347 e. The van der Waals surface area contributed by atoms with Gasteiger partial charge in [-0.05, 0) is 18.6 Å². The molecule has 3 heterocycles.